The predicted octanol–water partition coefficient (Wildman–Crippen LogP) is 2.33. The molecule has 0 bridgehead atoms. The maximum atomic E-state index is 12.9. The molecule has 2 atom stereocenters. The lowest BCUT2D eigenvalue weighted by Crippen LogP contribution is -2.48. The number of likely N-dealkylation sites (tertiary alicyclic amines) is 1. The van der Waals surface area contributed by atoms with Crippen molar-refractivity contribution in [2.75, 3.05) is 0 Å². The van der Waals surface area contributed by atoms with E-state index in [2.05, 4.69) is 24.0 Å². The van der Waals surface area contributed by atoms with Crippen LogP contribution in [0.25, 0.3) is 10.8 Å². The van der Waals surface area contributed by atoms with Gasteiger partial charge in [0, 0.05) is 17.5 Å². The summed E-state index contributed by atoms with van der Waals surface area (Å²) in [6.07, 6.45) is 3.17. The van der Waals surface area contributed by atoms with Crippen LogP contribution in [0.5, 0.6) is 0 Å². The van der Waals surface area contributed by atoms with Crippen molar-refractivity contribution in [2.45, 2.75) is 45.2 Å². The minimum atomic E-state index is -0.262. The van der Waals surface area contributed by atoms with Gasteiger partial charge in [0.15, 0.2) is 5.69 Å². The van der Waals surface area contributed by atoms with Crippen LogP contribution in [0, 0.1) is 0 Å². The summed E-state index contributed by atoms with van der Waals surface area (Å²) in [6, 6.07) is 7.52. The van der Waals surface area contributed by atoms with Gasteiger partial charge >= 0.3 is 0 Å². The number of carbonyl (C=O) groups excluding carboxylic acids is 1. The molecular weight excluding hydrogens is 266 g/mol. The number of hydrogen-bond donors (Lipinski definition) is 1. The standard InChI is InChI=1S/C16H19N3O2/c1-10-6-5-7-11(2)19(10)16(21)14-12-8-3-4-9-13(12)15(20)18-17-14/h3-4,8-11H,5-7H2,1-2H3,(H,18,20). The number of fused-ring (bicyclic) bond motifs is 1. The number of amides is 1. The van der Waals surface area contributed by atoms with Crippen molar-refractivity contribution in [2.24, 2.45) is 0 Å². The van der Waals surface area contributed by atoms with E-state index < -0.39 is 0 Å². The summed E-state index contributed by atoms with van der Waals surface area (Å²) in [5.41, 5.74) is 0.0766. The number of nitrogens with one attached hydrogen (secondary N) is 1. The minimum Gasteiger partial charge on any atom is -0.332 e. The van der Waals surface area contributed by atoms with Crippen molar-refractivity contribution in [1.82, 2.24) is 15.1 Å². The Morgan fingerprint density at radius 2 is 1.81 bits per heavy atom. The Labute approximate surface area is 123 Å². The van der Waals surface area contributed by atoms with Crippen LogP contribution >= 0.6 is 0 Å². The zero-order valence-electron chi connectivity index (χ0n) is 12.3. The van der Waals surface area contributed by atoms with Crippen LogP contribution < -0.4 is 5.56 Å². The molecule has 0 spiro atoms. The fourth-order valence-corrected chi connectivity index (χ4v) is 3.22. The third-order valence-corrected chi connectivity index (χ3v) is 4.33. The normalized spacial score (nSPS) is 22.5. The van der Waals surface area contributed by atoms with Crippen LogP contribution in [0.15, 0.2) is 29.1 Å². The second-order valence-electron chi connectivity index (χ2n) is 5.79. The molecule has 0 radical (unpaired) electrons. The van der Waals surface area contributed by atoms with Crippen molar-refractivity contribution >= 4 is 16.7 Å². The van der Waals surface area contributed by atoms with E-state index in [1.165, 1.54) is 0 Å². The first-order valence-electron chi connectivity index (χ1n) is 7.39. The summed E-state index contributed by atoms with van der Waals surface area (Å²) >= 11 is 0. The fraction of sp³-hybridized carbons (Fsp3) is 0.438. The molecule has 2 heterocycles. The molecule has 110 valence electrons. The molecule has 5 nitrogen and oxygen atoms in total. The van der Waals surface area contributed by atoms with Crippen molar-refractivity contribution in [3.63, 3.8) is 0 Å². The van der Waals surface area contributed by atoms with E-state index in [1.54, 1.807) is 18.2 Å². The molecular formula is C16H19N3O2. The lowest BCUT2D eigenvalue weighted by molar-refractivity contribution is 0.0505. The van der Waals surface area contributed by atoms with Crippen molar-refractivity contribution < 1.29 is 4.79 Å². The Bertz CT molecular complexity index is 728. The van der Waals surface area contributed by atoms with Gasteiger partial charge in [-0.15, -0.1) is 0 Å². The number of aromatic nitrogens is 2. The first kappa shape index (κ1) is 13.8. The zero-order chi connectivity index (χ0) is 15.0. The minimum absolute atomic E-state index is 0.0952. The fourth-order valence-electron chi connectivity index (χ4n) is 3.22. The summed E-state index contributed by atoms with van der Waals surface area (Å²) in [4.78, 5) is 26.6. The highest BCUT2D eigenvalue weighted by Crippen LogP contribution is 2.25. The molecule has 1 fully saturated rings. The molecule has 1 amide bonds. The molecule has 5 heteroatoms. The van der Waals surface area contributed by atoms with Gasteiger partial charge in [-0.2, -0.15) is 5.10 Å². The SMILES string of the molecule is CC1CCCC(C)N1C(=O)c1n[nH]c(=O)c2ccccc12. The van der Waals surface area contributed by atoms with Crippen molar-refractivity contribution in [1.29, 1.82) is 0 Å². The molecule has 2 unspecified atom stereocenters. The maximum absolute atomic E-state index is 12.9. The van der Waals surface area contributed by atoms with Gasteiger partial charge in [-0.25, -0.2) is 5.10 Å². The van der Waals surface area contributed by atoms with Gasteiger partial charge in [0.25, 0.3) is 11.5 Å². The first-order chi connectivity index (χ1) is 10.1. The Kier molecular flexibility index (Phi) is 3.49. The molecule has 3 rings (SSSR count). The number of benzene rings is 1. The van der Waals surface area contributed by atoms with E-state index in [0.29, 0.717) is 16.5 Å². The number of hydrogen-bond acceptors (Lipinski definition) is 3. The summed E-state index contributed by atoms with van der Waals surface area (Å²) in [5, 5.41) is 7.59. The van der Waals surface area contributed by atoms with E-state index in [-0.39, 0.29) is 23.6 Å². The van der Waals surface area contributed by atoms with Gasteiger partial charge in [-0.1, -0.05) is 18.2 Å². The maximum Gasteiger partial charge on any atom is 0.275 e. The molecule has 0 saturated carbocycles. The van der Waals surface area contributed by atoms with Crippen LogP contribution in [-0.2, 0) is 0 Å². The van der Waals surface area contributed by atoms with E-state index in [4.69, 9.17) is 0 Å². The van der Waals surface area contributed by atoms with Gasteiger partial charge in [-0.3, -0.25) is 9.59 Å². The molecule has 1 N–H and O–H groups in total. The molecule has 1 aliphatic heterocycles. The van der Waals surface area contributed by atoms with Gasteiger partial charge in [0.1, 0.15) is 0 Å². The summed E-state index contributed by atoms with van der Waals surface area (Å²) in [7, 11) is 0. The second kappa shape index (κ2) is 5.31. The van der Waals surface area contributed by atoms with Crippen molar-refractivity contribution in [3.05, 3.63) is 40.3 Å². The van der Waals surface area contributed by atoms with E-state index in [0.717, 1.165) is 19.3 Å². The highest BCUT2D eigenvalue weighted by atomic mass is 16.2. The lowest BCUT2D eigenvalue weighted by Gasteiger charge is -2.38. The average Bonchev–Trinajstić information content (AvgIpc) is 2.47. The van der Waals surface area contributed by atoms with Gasteiger partial charge < -0.3 is 4.90 Å². The summed E-state index contributed by atoms with van der Waals surface area (Å²) in [6.45, 7) is 4.14. The number of carbonyl (C=O) groups is 1. The van der Waals surface area contributed by atoms with Crippen LogP contribution in [0.4, 0.5) is 0 Å². The number of piperidine rings is 1. The largest absolute Gasteiger partial charge is 0.332 e. The zero-order valence-corrected chi connectivity index (χ0v) is 12.3. The second-order valence-corrected chi connectivity index (χ2v) is 5.79. The number of nitrogens with zero attached hydrogens (tertiary/aromatic N) is 2. The Balaban J connectivity index is 2.10. The molecule has 0 aliphatic carbocycles. The molecule has 1 aliphatic rings. The summed E-state index contributed by atoms with van der Waals surface area (Å²) < 4.78 is 0. The van der Waals surface area contributed by atoms with E-state index >= 15 is 0 Å². The Hall–Kier alpha value is -2.17. The molecule has 1 aromatic carbocycles. The topological polar surface area (TPSA) is 66.1 Å². The number of H-pyrrole nitrogens is 1. The monoisotopic (exact) mass is 285 g/mol. The Morgan fingerprint density at radius 3 is 2.48 bits per heavy atom. The molecule has 2 aromatic rings. The van der Waals surface area contributed by atoms with Crippen molar-refractivity contribution in [3.8, 4) is 0 Å². The third kappa shape index (κ3) is 2.33. The third-order valence-electron chi connectivity index (χ3n) is 4.33. The van der Waals surface area contributed by atoms with Gasteiger partial charge in [0.2, 0.25) is 0 Å². The smallest absolute Gasteiger partial charge is 0.275 e. The van der Waals surface area contributed by atoms with Crippen LogP contribution in [0.3, 0.4) is 0 Å². The Morgan fingerprint density at radius 1 is 1.19 bits per heavy atom. The summed E-state index contributed by atoms with van der Waals surface area (Å²) in [5.74, 6) is -0.0952. The van der Waals surface area contributed by atoms with Crippen LogP contribution in [-0.4, -0.2) is 33.1 Å². The van der Waals surface area contributed by atoms with E-state index in [1.807, 2.05) is 11.0 Å². The molecule has 1 saturated heterocycles. The van der Waals surface area contributed by atoms with Gasteiger partial charge in [-0.05, 0) is 39.2 Å². The highest BCUT2D eigenvalue weighted by molar-refractivity contribution is 6.04. The quantitative estimate of drug-likeness (QED) is 0.874. The number of aromatic amines is 1. The first-order valence-corrected chi connectivity index (χ1v) is 7.39. The lowest BCUT2D eigenvalue weighted by atomic mass is 9.96. The van der Waals surface area contributed by atoms with Crippen LogP contribution in [0.1, 0.15) is 43.6 Å². The predicted molar refractivity (Wildman–Crippen MR) is 81.3 cm³/mol. The van der Waals surface area contributed by atoms with E-state index in [9.17, 15) is 9.59 Å². The highest BCUT2D eigenvalue weighted by Gasteiger charge is 2.31. The average molecular weight is 285 g/mol. The number of rotatable bonds is 1. The van der Waals surface area contributed by atoms with Gasteiger partial charge in [0.05, 0.1) is 5.39 Å². The molecule has 1 aromatic heterocycles. The molecule has 21 heavy (non-hydrogen) atoms. The van der Waals surface area contributed by atoms with Crippen LogP contribution in [0.2, 0.25) is 0 Å².